The fraction of sp³-hybridized carbons (Fsp3) is 0.158. The summed E-state index contributed by atoms with van der Waals surface area (Å²) in [6, 6.07) is 13.7. The molecule has 1 heterocycles. The van der Waals surface area contributed by atoms with Gasteiger partial charge in [0.15, 0.2) is 0 Å². The highest BCUT2D eigenvalue weighted by atomic mass is 32.1. The number of benzene rings is 2. The number of anilines is 1. The van der Waals surface area contributed by atoms with Crippen LogP contribution >= 0.6 is 11.3 Å². The molecule has 6 heteroatoms. The van der Waals surface area contributed by atoms with Crippen molar-refractivity contribution in [1.29, 1.82) is 0 Å². The summed E-state index contributed by atoms with van der Waals surface area (Å²) in [4.78, 5) is 16.4. The molecule has 0 radical (unpaired) electrons. The van der Waals surface area contributed by atoms with Crippen LogP contribution in [0, 0.1) is 12.7 Å². The van der Waals surface area contributed by atoms with Gasteiger partial charge in [-0.1, -0.05) is 29.8 Å². The summed E-state index contributed by atoms with van der Waals surface area (Å²) in [6.07, 6.45) is 0.618. The fourth-order valence-corrected chi connectivity index (χ4v) is 3.14. The summed E-state index contributed by atoms with van der Waals surface area (Å²) in [7, 11) is 0. The summed E-state index contributed by atoms with van der Waals surface area (Å²) >= 11 is 1.47. The predicted molar refractivity (Wildman–Crippen MR) is 99.4 cm³/mol. The molecule has 0 spiro atoms. The van der Waals surface area contributed by atoms with Gasteiger partial charge in [-0.25, -0.2) is 14.2 Å². The Labute approximate surface area is 149 Å². The number of hydrogen-bond acceptors (Lipinski definition) is 3. The Morgan fingerprint density at radius 3 is 2.76 bits per heavy atom. The lowest BCUT2D eigenvalue weighted by Crippen LogP contribution is -2.30. The molecular formula is C19H18FN3OS. The number of nitrogens with one attached hydrogen (secondary N) is 2. The molecule has 0 saturated carbocycles. The molecular weight excluding hydrogens is 337 g/mol. The highest BCUT2D eigenvalue weighted by molar-refractivity contribution is 7.13. The molecule has 1 aromatic heterocycles. The molecule has 2 amide bonds. The topological polar surface area (TPSA) is 54.0 Å². The SMILES string of the molecule is Cc1ccc(NC(=O)NCCc2csc(-c3cccc(F)c3)n2)cc1. The maximum atomic E-state index is 13.3. The molecule has 0 bridgehead atoms. The van der Waals surface area contributed by atoms with Crippen LogP contribution in [0.15, 0.2) is 53.9 Å². The van der Waals surface area contributed by atoms with Gasteiger partial charge >= 0.3 is 6.03 Å². The van der Waals surface area contributed by atoms with Gasteiger partial charge in [-0.2, -0.15) is 0 Å². The number of nitrogens with zero attached hydrogens (tertiary/aromatic N) is 1. The first-order chi connectivity index (χ1) is 12.1. The molecule has 0 atom stereocenters. The maximum Gasteiger partial charge on any atom is 0.319 e. The molecule has 3 aromatic rings. The summed E-state index contributed by atoms with van der Waals surface area (Å²) in [6.45, 7) is 2.47. The highest BCUT2D eigenvalue weighted by Gasteiger charge is 2.07. The van der Waals surface area contributed by atoms with E-state index in [0.29, 0.717) is 13.0 Å². The Balaban J connectivity index is 1.49. The number of urea groups is 1. The van der Waals surface area contributed by atoms with Crippen molar-refractivity contribution in [3.05, 3.63) is 71.0 Å². The van der Waals surface area contributed by atoms with Crippen molar-refractivity contribution >= 4 is 23.1 Å². The Bertz CT molecular complexity index is 861. The zero-order valence-corrected chi connectivity index (χ0v) is 14.6. The monoisotopic (exact) mass is 355 g/mol. The second kappa shape index (κ2) is 7.90. The van der Waals surface area contributed by atoms with Crippen LogP contribution in [0.5, 0.6) is 0 Å². The van der Waals surface area contributed by atoms with E-state index in [4.69, 9.17) is 0 Å². The van der Waals surface area contributed by atoms with Crippen molar-refractivity contribution in [2.75, 3.05) is 11.9 Å². The number of rotatable bonds is 5. The van der Waals surface area contributed by atoms with E-state index >= 15 is 0 Å². The van der Waals surface area contributed by atoms with Crippen LogP contribution in [0.1, 0.15) is 11.3 Å². The fourth-order valence-electron chi connectivity index (χ4n) is 2.29. The standard InChI is InChI=1S/C19H18FN3OS/c1-13-5-7-16(8-6-13)23-19(24)21-10-9-17-12-25-18(22-17)14-3-2-4-15(20)11-14/h2-8,11-12H,9-10H2,1H3,(H2,21,23,24). The lowest BCUT2D eigenvalue weighted by atomic mass is 10.2. The second-order valence-corrected chi connectivity index (χ2v) is 6.51. The molecule has 4 nitrogen and oxygen atoms in total. The Hall–Kier alpha value is -2.73. The lowest BCUT2D eigenvalue weighted by molar-refractivity contribution is 0.252. The van der Waals surface area contributed by atoms with Gasteiger partial charge < -0.3 is 10.6 Å². The van der Waals surface area contributed by atoms with Gasteiger partial charge in [0.1, 0.15) is 10.8 Å². The van der Waals surface area contributed by atoms with Crippen LogP contribution in [0.4, 0.5) is 14.9 Å². The third-order valence-electron chi connectivity index (χ3n) is 3.60. The molecule has 0 aliphatic heterocycles. The van der Waals surface area contributed by atoms with Crippen molar-refractivity contribution in [2.24, 2.45) is 0 Å². The largest absolute Gasteiger partial charge is 0.337 e. The lowest BCUT2D eigenvalue weighted by Gasteiger charge is -2.07. The normalized spacial score (nSPS) is 10.5. The van der Waals surface area contributed by atoms with Gasteiger partial charge in [0, 0.05) is 29.6 Å². The molecule has 3 rings (SSSR count). The third-order valence-corrected chi connectivity index (χ3v) is 4.54. The molecule has 0 fully saturated rings. The molecule has 0 aliphatic rings. The predicted octanol–water partition coefficient (Wildman–Crippen LogP) is 4.62. The van der Waals surface area contributed by atoms with Crippen molar-refractivity contribution in [3.63, 3.8) is 0 Å². The van der Waals surface area contributed by atoms with E-state index in [1.807, 2.05) is 42.6 Å². The van der Waals surface area contributed by atoms with Gasteiger partial charge in [-0.05, 0) is 31.2 Å². The number of carbonyl (C=O) groups excluding carboxylic acids is 1. The van der Waals surface area contributed by atoms with Gasteiger partial charge in [0.2, 0.25) is 0 Å². The number of carbonyl (C=O) groups is 1. The highest BCUT2D eigenvalue weighted by Crippen LogP contribution is 2.24. The van der Waals surface area contributed by atoms with Gasteiger partial charge in [0.05, 0.1) is 5.69 Å². The first-order valence-corrected chi connectivity index (χ1v) is 8.80. The first kappa shape index (κ1) is 17.1. The van der Waals surface area contributed by atoms with Crippen molar-refractivity contribution in [3.8, 4) is 10.6 Å². The minimum atomic E-state index is -0.274. The van der Waals surface area contributed by atoms with Crippen molar-refractivity contribution in [2.45, 2.75) is 13.3 Å². The van der Waals surface area contributed by atoms with Crippen molar-refractivity contribution in [1.82, 2.24) is 10.3 Å². The van der Waals surface area contributed by atoms with Crippen LogP contribution in [0.2, 0.25) is 0 Å². The zero-order valence-electron chi connectivity index (χ0n) is 13.8. The van der Waals surface area contributed by atoms with E-state index in [-0.39, 0.29) is 11.8 Å². The molecule has 0 aliphatic carbocycles. The van der Waals surface area contributed by atoms with E-state index in [0.717, 1.165) is 27.5 Å². The average Bonchev–Trinajstić information content (AvgIpc) is 3.06. The Morgan fingerprint density at radius 2 is 2.00 bits per heavy atom. The number of aryl methyl sites for hydroxylation is 1. The summed E-state index contributed by atoms with van der Waals surface area (Å²) in [5.41, 5.74) is 3.54. The minimum Gasteiger partial charge on any atom is -0.337 e. The molecule has 25 heavy (non-hydrogen) atoms. The third kappa shape index (κ3) is 4.87. The van der Waals surface area contributed by atoms with E-state index in [1.165, 1.54) is 23.5 Å². The van der Waals surface area contributed by atoms with Gasteiger partial charge in [-0.3, -0.25) is 0 Å². The number of aromatic nitrogens is 1. The van der Waals surface area contributed by atoms with E-state index in [2.05, 4.69) is 15.6 Å². The number of thiazole rings is 1. The quantitative estimate of drug-likeness (QED) is 0.701. The van der Waals surface area contributed by atoms with E-state index < -0.39 is 0 Å². The molecule has 0 saturated heterocycles. The number of hydrogen-bond donors (Lipinski definition) is 2. The van der Waals surface area contributed by atoms with Crippen LogP contribution in [-0.2, 0) is 6.42 Å². The van der Waals surface area contributed by atoms with Crippen LogP contribution in [-0.4, -0.2) is 17.6 Å². The molecule has 128 valence electrons. The van der Waals surface area contributed by atoms with Crippen LogP contribution < -0.4 is 10.6 Å². The smallest absolute Gasteiger partial charge is 0.319 e. The van der Waals surface area contributed by atoms with Crippen LogP contribution in [0.25, 0.3) is 10.6 Å². The average molecular weight is 355 g/mol. The zero-order chi connectivity index (χ0) is 17.6. The van der Waals surface area contributed by atoms with Crippen LogP contribution in [0.3, 0.4) is 0 Å². The molecule has 2 aromatic carbocycles. The molecule has 0 unspecified atom stereocenters. The van der Waals surface area contributed by atoms with Gasteiger partial charge in [-0.15, -0.1) is 11.3 Å². The minimum absolute atomic E-state index is 0.246. The Morgan fingerprint density at radius 1 is 1.20 bits per heavy atom. The number of halogens is 1. The number of amides is 2. The van der Waals surface area contributed by atoms with E-state index in [9.17, 15) is 9.18 Å². The summed E-state index contributed by atoms with van der Waals surface area (Å²) < 4.78 is 13.3. The first-order valence-electron chi connectivity index (χ1n) is 7.92. The Kier molecular flexibility index (Phi) is 5.40. The summed E-state index contributed by atoms with van der Waals surface area (Å²) in [5.74, 6) is -0.274. The van der Waals surface area contributed by atoms with Gasteiger partial charge in [0.25, 0.3) is 0 Å². The maximum absolute atomic E-state index is 13.3. The van der Waals surface area contributed by atoms with E-state index in [1.54, 1.807) is 6.07 Å². The second-order valence-electron chi connectivity index (χ2n) is 5.65. The van der Waals surface area contributed by atoms with Crippen molar-refractivity contribution < 1.29 is 9.18 Å². The molecule has 2 N–H and O–H groups in total. The summed E-state index contributed by atoms with van der Waals surface area (Å²) in [5, 5.41) is 8.30.